The molecule has 0 atom stereocenters. The fraction of sp³-hybridized carbons (Fsp3) is 0.235. The third kappa shape index (κ3) is 4.24. The molecule has 12 heteroatoms. The molecule has 3 aromatic rings. The van der Waals surface area contributed by atoms with Gasteiger partial charge in [0.25, 0.3) is 5.91 Å². The van der Waals surface area contributed by atoms with Crippen LogP contribution in [0.3, 0.4) is 0 Å². The molecule has 2 heterocycles. The number of fused-ring (bicyclic) bond motifs is 1. The number of anilines is 1. The van der Waals surface area contributed by atoms with Crippen LogP contribution < -0.4 is 10.1 Å². The van der Waals surface area contributed by atoms with Crippen molar-refractivity contribution in [3.05, 3.63) is 51.9 Å². The van der Waals surface area contributed by atoms with E-state index >= 15 is 0 Å². The predicted octanol–water partition coefficient (Wildman–Crippen LogP) is 4.87. The fourth-order valence-corrected chi connectivity index (χ4v) is 2.83. The Morgan fingerprint density at radius 1 is 1.24 bits per heavy atom. The van der Waals surface area contributed by atoms with Crippen molar-refractivity contribution in [3.8, 4) is 5.75 Å². The molecule has 0 saturated heterocycles. The smallest absolute Gasteiger partial charge is 0.433 e. The maximum atomic E-state index is 13.3. The number of halogens is 6. The Balaban J connectivity index is 2.05. The standard InChI is InChI=1S/C17H12ClF5N4O2/c1-7-3-4-10(29-16(19)20)9(5-7)25-15(28)13-12(18)14-24-8(2)6-11(17(21,22)23)27(14)26-13/h3-6,16H,1-2H3,(H,25,28). The Morgan fingerprint density at radius 3 is 2.55 bits per heavy atom. The van der Waals surface area contributed by atoms with E-state index in [2.05, 4.69) is 20.1 Å². The highest BCUT2D eigenvalue weighted by Gasteiger charge is 2.36. The lowest BCUT2D eigenvalue weighted by molar-refractivity contribution is -0.142. The van der Waals surface area contributed by atoms with Crippen molar-refractivity contribution in [2.45, 2.75) is 26.6 Å². The molecule has 0 bridgehead atoms. The van der Waals surface area contributed by atoms with Crippen LogP contribution >= 0.6 is 11.6 Å². The van der Waals surface area contributed by atoms with Crippen molar-refractivity contribution < 1.29 is 31.5 Å². The number of amides is 1. The van der Waals surface area contributed by atoms with E-state index in [1.165, 1.54) is 25.1 Å². The average molecular weight is 435 g/mol. The van der Waals surface area contributed by atoms with Crippen molar-refractivity contribution in [3.63, 3.8) is 0 Å². The van der Waals surface area contributed by atoms with Crippen molar-refractivity contribution in [1.29, 1.82) is 0 Å². The third-order valence-corrected chi connectivity index (χ3v) is 4.11. The van der Waals surface area contributed by atoms with E-state index in [1.54, 1.807) is 6.92 Å². The van der Waals surface area contributed by atoms with Crippen LogP contribution in [0.2, 0.25) is 5.02 Å². The quantitative estimate of drug-likeness (QED) is 0.595. The molecule has 0 unspecified atom stereocenters. The van der Waals surface area contributed by atoms with Crippen molar-refractivity contribution >= 4 is 28.8 Å². The summed E-state index contributed by atoms with van der Waals surface area (Å²) in [6, 6.07) is 4.80. The first-order valence-electron chi connectivity index (χ1n) is 7.97. The van der Waals surface area contributed by atoms with Gasteiger partial charge in [-0.1, -0.05) is 17.7 Å². The summed E-state index contributed by atoms with van der Waals surface area (Å²) < 4.78 is 69.8. The number of aromatic nitrogens is 3. The Bertz CT molecular complexity index is 1100. The Morgan fingerprint density at radius 2 is 1.93 bits per heavy atom. The normalized spacial score (nSPS) is 11.9. The van der Waals surface area contributed by atoms with Gasteiger partial charge in [0, 0.05) is 5.69 Å². The van der Waals surface area contributed by atoms with Gasteiger partial charge in [0.05, 0.1) is 5.69 Å². The topological polar surface area (TPSA) is 68.5 Å². The minimum atomic E-state index is -4.77. The number of benzene rings is 1. The Hall–Kier alpha value is -2.95. The average Bonchev–Trinajstić information content (AvgIpc) is 2.92. The first kappa shape index (κ1) is 20.8. The second-order valence-corrected chi connectivity index (χ2v) is 6.39. The first-order chi connectivity index (χ1) is 13.5. The molecule has 0 aliphatic carbocycles. The third-order valence-electron chi connectivity index (χ3n) is 3.77. The van der Waals surface area contributed by atoms with E-state index in [1.807, 2.05) is 0 Å². The van der Waals surface area contributed by atoms with Gasteiger partial charge in [-0.15, -0.1) is 0 Å². The summed E-state index contributed by atoms with van der Waals surface area (Å²) >= 11 is 6.04. The number of hydrogen-bond donors (Lipinski definition) is 1. The molecule has 1 amide bonds. The monoisotopic (exact) mass is 434 g/mol. The molecule has 2 aromatic heterocycles. The van der Waals surface area contributed by atoms with Gasteiger partial charge in [-0.3, -0.25) is 4.79 Å². The molecule has 154 valence electrons. The second kappa shape index (κ2) is 7.47. The summed E-state index contributed by atoms with van der Waals surface area (Å²) in [6.07, 6.45) is -4.77. The van der Waals surface area contributed by atoms with Crippen LogP contribution in [0.25, 0.3) is 5.65 Å². The van der Waals surface area contributed by atoms with Crippen LogP contribution in [0.1, 0.15) is 27.4 Å². The maximum absolute atomic E-state index is 13.3. The summed E-state index contributed by atoms with van der Waals surface area (Å²) in [7, 11) is 0. The van der Waals surface area contributed by atoms with Gasteiger partial charge in [-0.25, -0.2) is 9.50 Å². The molecular formula is C17H12ClF5N4O2. The minimum Gasteiger partial charge on any atom is -0.433 e. The number of carbonyl (C=O) groups is 1. The van der Waals surface area contributed by atoms with Crippen molar-refractivity contribution in [1.82, 2.24) is 14.6 Å². The van der Waals surface area contributed by atoms with E-state index in [9.17, 15) is 26.7 Å². The molecular weight excluding hydrogens is 423 g/mol. The molecule has 1 N–H and O–H groups in total. The molecule has 0 saturated carbocycles. The van der Waals surface area contributed by atoms with Crippen LogP contribution in [0.4, 0.5) is 27.6 Å². The van der Waals surface area contributed by atoms with E-state index in [4.69, 9.17) is 11.6 Å². The Kier molecular flexibility index (Phi) is 5.35. The summed E-state index contributed by atoms with van der Waals surface area (Å²) in [5.74, 6) is -1.35. The van der Waals surface area contributed by atoms with Gasteiger partial charge in [-0.05, 0) is 37.6 Å². The van der Waals surface area contributed by atoms with E-state index in [-0.39, 0.29) is 22.8 Å². The molecule has 6 nitrogen and oxygen atoms in total. The summed E-state index contributed by atoms with van der Waals surface area (Å²) in [4.78, 5) is 16.5. The number of alkyl halides is 5. The number of nitrogens with one attached hydrogen (secondary N) is 1. The van der Waals surface area contributed by atoms with Crippen LogP contribution in [0.15, 0.2) is 24.3 Å². The van der Waals surface area contributed by atoms with Gasteiger partial charge in [0.1, 0.15) is 16.5 Å². The number of nitrogens with zero attached hydrogens (tertiary/aromatic N) is 3. The maximum Gasteiger partial charge on any atom is 0.433 e. The lowest BCUT2D eigenvalue weighted by atomic mass is 10.2. The highest BCUT2D eigenvalue weighted by atomic mass is 35.5. The van der Waals surface area contributed by atoms with Crippen molar-refractivity contribution in [2.75, 3.05) is 5.32 Å². The summed E-state index contributed by atoms with van der Waals surface area (Å²) in [5.41, 5.74) is -1.58. The van der Waals surface area contributed by atoms with E-state index in [0.29, 0.717) is 10.1 Å². The lowest BCUT2D eigenvalue weighted by Crippen LogP contribution is -2.16. The van der Waals surface area contributed by atoms with Gasteiger partial charge in [-0.2, -0.15) is 27.1 Å². The minimum absolute atomic E-state index is 0.0184. The van der Waals surface area contributed by atoms with Crippen LogP contribution in [-0.2, 0) is 6.18 Å². The number of hydrogen-bond acceptors (Lipinski definition) is 4. The molecule has 0 fully saturated rings. The van der Waals surface area contributed by atoms with Gasteiger partial charge in [0.15, 0.2) is 11.3 Å². The van der Waals surface area contributed by atoms with Crippen LogP contribution in [0.5, 0.6) is 5.75 Å². The zero-order chi connectivity index (χ0) is 21.5. The van der Waals surface area contributed by atoms with Crippen molar-refractivity contribution in [2.24, 2.45) is 0 Å². The number of carbonyl (C=O) groups excluding carboxylic acids is 1. The lowest BCUT2D eigenvalue weighted by Gasteiger charge is -2.12. The van der Waals surface area contributed by atoms with Crippen LogP contribution in [-0.4, -0.2) is 27.1 Å². The summed E-state index contributed by atoms with van der Waals surface area (Å²) in [5, 5.41) is 5.50. The molecule has 0 spiro atoms. The summed E-state index contributed by atoms with van der Waals surface area (Å²) in [6.45, 7) is -0.172. The molecule has 0 aliphatic heterocycles. The highest BCUT2D eigenvalue weighted by molar-refractivity contribution is 6.37. The van der Waals surface area contributed by atoms with Crippen LogP contribution in [0, 0.1) is 13.8 Å². The molecule has 0 radical (unpaired) electrons. The molecule has 1 aromatic carbocycles. The number of ether oxygens (including phenoxy) is 1. The highest BCUT2D eigenvalue weighted by Crippen LogP contribution is 2.33. The van der Waals surface area contributed by atoms with E-state index in [0.717, 1.165) is 6.07 Å². The molecule has 3 rings (SSSR count). The second-order valence-electron chi connectivity index (χ2n) is 6.01. The number of aryl methyl sites for hydroxylation is 2. The van der Waals surface area contributed by atoms with Gasteiger partial charge < -0.3 is 10.1 Å². The first-order valence-corrected chi connectivity index (χ1v) is 8.35. The Labute approximate surface area is 165 Å². The zero-order valence-corrected chi connectivity index (χ0v) is 15.6. The van der Waals surface area contributed by atoms with Gasteiger partial charge in [0.2, 0.25) is 0 Å². The van der Waals surface area contributed by atoms with E-state index < -0.39 is 35.1 Å². The predicted molar refractivity (Wildman–Crippen MR) is 93.5 cm³/mol. The zero-order valence-electron chi connectivity index (χ0n) is 14.8. The largest absolute Gasteiger partial charge is 0.433 e. The fourth-order valence-electron chi connectivity index (χ4n) is 2.58. The SMILES string of the molecule is Cc1ccc(OC(F)F)c(NC(=O)c2nn3c(C(F)(F)F)cc(C)nc3c2Cl)c1. The number of rotatable bonds is 4. The van der Waals surface area contributed by atoms with Gasteiger partial charge >= 0.3 is 12.8 Å². The molecule has 29 heavy (non-hydrogen) atoms. The molecule has 0 aliphatic rings.